The first-order chi connectivity index (χ1) is 10.7. The molecule has 0 saturated carbocycles. The molecule has 1 heterocycles. The lowest BCUT2D eigenvalue weighted by Gasteiger charge is -2.05. The molecule has 0 aliphatic heterocycles. The van der Waals surface area contributed by atoms with Crippen LogP contribution in [0.5, 0.6) is 5.75 Å². The Morgan fingerprint density at radius 2 is 1.64 bits per heavy atom. The lowest BCUT2D eigenvalue weighted by molar-refractivity contribution is 0.0599. The van der Waals surface area contributed by atoms with E-state index in [1.807, 2.05) is 0 Å². The number of nitrogens with zero attached hydrogens (tertiary/aromatic N) is 2. The van der Waals surface area contributed by atoms with Gasteiger partial charge in [-0.1, -0.05) is 6.07 Å². The van der Waals surface area contributed by atoms with Crippen molar-refractivity contribution in [3.8, 4) is 5.75 Å². The van der Waals surface area contributed by atoms with E-state index < -0.39 is 11.9 Å². The molecule has 0 aliphatic carbocycles. The third-order valence-electron chi connectivity index (χ3n) is 3.05. The van der Waals surface area contributed by atoms with E-state index in [2.05, 4.69) is 20.1 Å². The zero-order valence-corrected chi connectivity index (χ0v) is 11.6. The van der Waals surface area contributed by atoms with Crippen molar-refractivity contribution in [2.45, 2.75) is 0 Å². The van der Waals surface area contributed by atoms with Gasteiger partial charge in [0.2, 0.25) is 0 Å². The molecule has 0 saturated heterocycles. The van der Waals surface area contributed by atoms with E-state index in [9.17, 15) is 9.59 Å². The van der Waals surface area contributed by atoms with Crippen molar-refractivity contribution in [2.24, 2.45) is 0 Å². The second-order valence-corrected chi connectivity index (χ2v) is 4.41. The molecule has 0 unspecified atom stereocenters. The van der Waals surface area contributed by atoms with Crippen molar-refractivity contribution in [3.05, 3.63) is 53.6 Å². The molecule has 3 aromatic rings. The Morgan fingerprint density at radius 1 is 0.955 bits per heavy atom. The lowest BCUT2D eigenvalue weighted by atomic mass is 10.1. The molecule has 0 bridgehead atoms. The van der Waals surface area contributed by atoms with E-state index in [-0.39, 0.29) is 0 Å². The van der Waals surface area contributed by atoms with Crippen LogP contribution < -0.4 is 4.74 Å². The summed E-state index contributed by atoms with van der Waals surface area (Å²) in [7, 11) is 1.29. The van der Waals surface area contributed by atoms with Crippen LogP contribution in [-0.4, -0.2) is 34.5 Å². The second kappa shape index (κ2) is 5.65. The fourth-order valence-corrected chi connectivity index (χ4v) is 1.94. The molecular formula is C15H11N3O4. The minimum absolute atomic E-state index is 0.313. The number of ether oxygens (including phenoxy) is 2. The molecule has 7 nitrogen and oxygen atoms in total. The van der Waals surface area contributed by atoms with Gasteiger partial charge in [0.25, 0.3) is 0 Å². The van der Waals surface area contributed by atoms with Gasteiger partial charge >= 0.3 is 11.9 Å². The van der Waals surface area contributed by atoms with Crippen LogP contribution in [-0.2, 0) is 4.74 Å². The van der Waals surface area contributed by atoms with Gasteiger partial charge in [-0.15, -0.1) is 0 Å². The number of methoxy groups -OCH3 is 1. The van der Waals surface area contributed by atoms with Crippen molar-refractivity contribution in [1.82, 2.24) is 15.4 Å². The number of H-pyrrole nitrogens is 1. The first-order valence-electron chi connectivity index (χ1n) is 6.39. The Bertz CT molecular complexity index is 839. The maximum absolute atomic E-state index is 12.1. The van der Waals surface area contributed by atoms with Crippen LogP contribution in [0.15, 0.2) is 42.5 Å². The summed E-state index contributed by atoms with van der Waals surface area (Å²) in [6.07, 6.45) is 0. The quantitative estimate of drug-likeness (QED) is 0.586. The highest BCUT2D eigenvalue weighted by atomic mass is 16.5. The van der Waals surface area contributed by atoms with Gasteiger partial charge in [-0.05, 0) is 36.4 Å². The molecule has 0 fully saturated rings. The van der Waals surface area contributed by atoms with Crippen LogP contribution >= 0.6 is 0 Å². The van der Waals surface area contributed by atoms with E-state index in [1.54, 1.807) is 18.2 Å². The van der Waals surface area contributed by atoms with E-state index in [1.165, 1.54) is 31.4 Å². The number of para-hydroxylation sites is 1. The van der Waals surface area contributed by atoms with E-state index in [0.717, 1.165) is 0 Å². The van der Waals surface area contributed by atoms with Gasteiger partial charge in [-0.2, -0.15) is 15.4 Å². The van der Waals surface area contributed by atoms with Crippen molar-refractivity contribution in [2.75, 3.05) is 7.11 Å². The summed E-state index contributed by atoms with van der Waals surface area (Å²) in [5.41, 5.74) is 1.75. The highest BCUT2D eigenvalue weighted by Gasteiger charge is 2.13. The number of fused-ring (bicyclic) bond motifs is 1. The molecule has 0 amide bonds. The Balaban J connectivity index is 1.82. The topological polar surface area (TPSA) is 94.2 Å². The molecular weight excluding hydrogens is 286 g/mol. The average molecular weight is 297 g/mol. The normalized spacial score (nSPS) is 10.4. The highest BCUT2D eigenvalue weighted by Crippen LogP contribution is 2.22. The molecule has 1 N–H and O–H groups in total. The number of hydrogen-bond donors (Lipinski definition) is 1. The van der Waals surface area contributed by atoms with Gasteiger partial charge in [0, 0.05) is 0 Å². The maximum atomic E-state index is 12.1. The van der Waals surface area contributed by atoms with Crippen LogP contribution in [0.2, 0.25) is 0 Å². The molecule has 2 aromatic carbocycles. The second-order valence-electron chi connectivity index (χ2n) is 4.41. The minimum Gasteiger partial charge on any atom is -0.465 e. The lowest BCUT2D eigenvalue weighted by Crippen LogP contribution is -2.09. The summed E-state index contributed by atoms with van der Waals surface area (Å²) in [5.74, 6) is -0.701. The number of hydrogen-bond acceptors (Lipinski definition) is 6. The molecule has 0 radical (unpaired) electrons. The maximum Gasteiger partial charge on any atom is 0.343 e. The predicted octanol–water partition coefficient (Wildman–Crippen LogP) is 1.96. The molecule has 1 aromatic heterocycles. The number of esters is 2. The summed E-state index contributed by atoms with van der Waals surface area (Å²) in [4.78, 5) is 23.5. The van der Waals surface area contributed by atoms with Gasteiger partial charge in [0.05, 0.1) is 18.2 Å². The van der Waals surface area contributed by atoms with Gasteiger partial charge in [-0.25, -0.2) is 9.59 Å². The van der Waals surface area contributed by atoms with Crippen molar-refractivity contribution >= 4 is 23.0 Å². The van der Waals surface area contributed by atoms with Crippen LogP contribution in [0.3, 0.4) is 0 Å². The first-order valence-corrected chi connectivity index (χ1v) is 6.39. The Hall–Kier alpha value is -3.22. The Labute approximate surface area is 124 Å². The third-order valence-corrected chi connectivity index (χ3v) is 3.05. The van der Waals surface area contributed by atoms with Crippen LogP contribution in [0.25, 0.3) is 11.0 Å². The van der Waals surface area contributed by atoms with Crippen molar-refractivity contribution in [3.63, 3.8) is 0 Å². The zero-order chi connectivity index (χ0) is 15.5. The smallest absolute Gasteiger partial charge is 0.343 e. The number of rotatable bonds is 3. The number of carbonyl (C=O) groups excluding carboxylic acids is 2. The summed E-state index contributed by atoms with van der Waals surface area (Å²) >= 11 is 0. The minimum atomic E-state index is -0.549. The summed E-state index contributed by atoms with van der Waals surface area (Å²) in [5, 5.41) is 10.3. The van der Waals surface area contributed by atoms with Crippen molar-refractivity contribution in [1.29, 1.82) is 0 Å². The number of benzene rings is 2. The molecule has 110 valence electrons. The molecule has 22 heavy (non-hydrogen) atoms. The van der Waals surface area contributed by atoms with E-state index >= 15 is 0 Å². The van der Waals surface area contributed by atoms with E-state index in [0.29, 0.717) is 27.9 Å². The van der Waals surface area contributed by atoms with Crippen LogP contribution in [0.4, 0.5) is 0 Å². The van der Waals surface area contributed by atoms with E-state index in [4.69, 9.17) is 4.74 Å². The first kappa shape index (κ1) is 13.7. The molecule has 0 spiro atoms. The summed E-state index contributed by atoms with van der Waals surface area (Å²) in [6, 6.07) is 11.1. The average Bonchev–Trinajstić information content (AvgIpc) is 3.04. The summed E-state index contributed by atoms with van der Waals surface area (Å²) in [6.45, 7) is 0. The van der Waals surface area contributed by atoms with Gasteiger partial charge < -0.3 is 9.47 Å². The number of carbonyl (C=O) groups is 2. The molecule has 0 aliphatic rings. The van der Waals surface area contributed by atoms with Crippen molar-refractivity contribution < 1.29 is 19.1 Å². The summed E-state index contributed by atoms with van der Waals surface area (Å²) < 4.78 is 9.92. The largest absolute Gasteiger partial charge is 0.465 e. The molecule has 3 rings (SSSR count). The number of nitrogens with one attached hydrogen (secondary N) is 1. The van der Waals surface area contributed by atoms with Gasteiger partial charge in [0.1, 0.15) is 5.52 Å². The van der Waals surface area contributed by atoms with Gasteiger partial charge in [0.15, 0.2) is 11.3 Å². The molecule has 7 heteroatoms. The number of aromatic amines is 1. The van der Waals surface area contributed by atoms with Crippen LogP contribution in [0.1, 0.15) is 20.7 Å². The predicted molar refractivity (Wildman–Crippen MR) is 76.6 cm³/mol. The zero-order valence-electron chi connectivity index (χ0n) is 11.6. The van der Waals surface area contributed by atoms with Crippen LogP contribution in [0, 0.1) is 0 Å². The fraction of sp³-hybridized carbons (Fsp3) is 0.0667. The van der Waals surface area contributed by atoms with Gasteiger partial charge in [-0.3, -0.25) is 0 Å². The Kier molecular flexibility index (Phi) is 3.53. The highest BCUT2D eigenvalue weighted by molar-refractivity contribution is 5.95. The monoisotopic (exact) mass is 297 g/mol. The SMILES string of the molecule is COC(=O)c1ccc(C(=O)Oc2cccc3n[nH]nc23)cc1. The third kappa shape index (κ3) is 2.51. The Morgan fingerprint density at radius 3 is 2.32 bits per heavy atom. The fourth-order valence-electron chi connectivity index (χ4n) is 1.94. The standard InChI is InChI=1S/C15H11N3O4/c1-21-14(19)9-5-7-10(8-6-9)15(20)22-12-4-2-3-11-13(12)17-18-16-11/h2-8H,1H3,(H,16,17,18). The molecule has 0 atom stereocenters. The number of aromatic nitrogens is 3.